The summed E-state index contributed by atoms with van der Waals surface area (Å²) in [7, 11) is 3.93. The number of hydrogen-bond acceptors (Lipinski definition) is 4. The van der Waals surface area contributed by atoms with Crippen LogP contribution in [0.5, 0.6) is 0 Å². The van der Waals surface area contributed by atoms with Crippen molar-refractivity contribution in [2.45, 2.75) is 32.2 Å². The number of nitrogens with one attached hydrogen (secondary N) is 1. The van der Waals surface area contributed by atoms with Gasteiger partial charge in [-0.1, -0.05) is 13.8 Å². The van der Waals surface area contributed by atoms with E-state index in [0.29, 0.717) is 12.0 Å². The second-order valence-corrected chi connectivity index (χ2v) is 7.49. The highest BCUT2D eigenvalue weighted by Crippen LogP contribution is 2.31. The molecule has 6 nitrogen and oxygen atoms in total. The minimum absolute atomic E-state index is 0.0237. The van der Waals surface area contributed by atoms with Crippen LogP contribution in [-0.4, -0.2) is 71.3 Å². The number of hydrogen-bond donors (Lipinski definition) is 1. The van der Waals surface area contributed by atoms with Crippen LogP contribution in [-0.2, 0) is 11.8 Å². The molecule has 0 aliphatic carbocycles. The largest absolute Gasteiger partial charge is 0.342 e. The van der Waals surface area contributed by atoms with Crippen molar-refractivity contribution in [3.05, 3.63) is 18.0 Å². The summed E-state index contributed by atoms with van der Waals surface area (Å²) in [4.78, 5) is 17.7. The first-order valence-electron chi connectivity index (χ1n) is 9.19. The van der Waals surface area contributed by atoms with Gasteiger partial charge in [-0.2, -0.15) is 5.10 Å². The van der Waals surface area contributed by atoms with Crippen molar-refractivity contribution in [2.24, 2.45) is 18.9 Å². The number of carbonyl (C=O) groups excluding carboxylic acids is 1. The lowest BCUT2D eigenvalue weighted by Gasteiger charge is -2.42. The first kappa shape index (κ1) is 17.4. The van der Waals surface area contributed by atoms with Gasteiger partial charge in [0, 0.05) is 58.4 Å². The monoisotopic (exact) mass is 333 g/mol. The van der Waals surface area contributed by atoms with Crippen molar-refractivity contribution in [1.29, 1.82) is 0 Å². The topological polar surface area (TPSA) is 53.4 Å². The minimum atomic E-state index is 0.0237. The first-order chi connectivity index (χ1) is 11.5. The van der Waals surface area contributed by atoms with Crippen LogP contribution in [0.4, 0.5) is 0 Å². The molecule has 0 aromatic carbocycles. The Balaban J connectivity index is 1.68. The maximum absolute atomic E-state index is 13.2. The highest BCUT2D eigenvalue weighted by molar-refractivity contribution is 5.80. The average Bonchev–Trinajstić information content (AvgIpc) is 3.21. The van der Waals surface area contributed by atoms with Crippen LogP contribution in [0, 0.1) is 11.8 Å². The number of nitrogens with zero attached hydrogens (tertiary/aromatic N) is 4. The normalized spacial score (nSPS) is 31.3. The van der Waals surface area contributed by atoms with Crippen LogP contribution >= 0.6 is 0 Å². The fourth-order valence-corrected chi connectivity index (χ4v) is 4.43. The summed E-state index contributed by atoms with van der Waals surface area (Å²) in [5.41, 5.74) is 1.17. The molecule has 0 saturated carbocycles. The predicted octanol–water partition coefficient (Wildman–Crippen LogP) is 0.912. The van der Waals surface area contributed by atoms with E-state index in [1.54, 1.807) is 0 Å². The SMILES string of the molecule is CCN1CCC(N(C)C(=O)[C@H]2CNC[C@@H]2c2cnn(C)c2)C(C)C1. The molecule has 0 radical (unpaired) electrons. The lowest BCUT2D eigenvalue weighted by atomic mass is 9.87. The zero-order chi connectivity index (χ0) is 17.3. The molecule has 2 saturated heterocycles. The highest BCUT2D eigenvalue weighted by Gasteiger charge is 2.39. The van der Waals surface area contributed by atoms with Gasteiger partial charge in [-0.05, 0) is 24.4 Å². The van der Waals surface area contributed by atoms with Gasteiger partial charge in [0.1, 0.15) is 0 Å². The molecule has 2 aliphatic heterocycles. The van der Waals surface area contributed by atoms with Crippen molar-refractivity contribution in [1.82, 2.24) is 24.9 Å². The Morgan fingerprint density at radius 2 is 2.25 bits per heavy atom. The van der Waals surface area contributed by atoms with Gasteiger partial charge in [-0.15, -0.1) is 0 Å². The van der Waals surface area contributed by atoms with Gasteiger partial charge >= 0.3 is 0 Å². The van der Waals surface area contributed by atoms with Crippen LogP contribution < -0.4 is 5.32 Å². The molecule has 24 heavy (non-hydrogen) atoms. The Labute approximate surface area is 145 Å². The second-order valence-electron chi connectivity index (χ2n) is 7.49. The second kappa shape index (κ2) is 7.23. The Morgan fingerprint density at radius 1 is 1.46 bits per heavy atom. The van der Waals surface area contributed by atoms with Crippen molar-refractivity contribution in [2.75, 3.05) is 39.8 Å². The van der Waals surface area contributed by atoms with Crippen LogP contribution in [0.2, 0.25) is 0 Å². The van der Waals surface area contributed by atoms with Gasteiger partial charge < -0.3 is 15.1 Å². The Hall–Kier alpha value is -1.40. The van der Waals surface area contributed by atoms with E-state index in [4.69, 9.17) is 0 Å². The van der Waals surface area contributed by atoms with E-state index in [2.05, 4.69) is 29.2 Å². The van der Waals surface area contributed by atoms with E-state index in [0.717, 1.165) is 39.1 Å². The van der Waals surface area contributed by atoms with Gasteiger partial charge in [-0.3, -0.25) is 9.48 Å². The summed E-state index contributed by atoms with van der Waals surface area (Å²) in [5.74, 6) is 1.07. The third-order valence-electron chi connectivity index (χ3n) is 5.92. The molecule has 1 amide bonds. The number of carbonyl (C=O) groups is 1. The first-order valence-corrected chi connectivity index (χ1v) is 9.19. The standard InChI is InChI=1S/C18H31N5O/c1-5-23-7-6-17(13(2)11-23)22(4)18(24)16-10-19-9-15(16)14-8-20-21(3)12-14/h8,12-13,15-17,19H,5-7,9-11H2,1-4H3/t13?,15-,16+,17?/m1/s1. The zero-order valence-corrected chi connectivity index (χ0v) is 15.4. The molecule has 6 heteroatoms. The van der Waals surface area contributed by atoms with Crippen molar-refractivity contribution in [3.8, 4) is 0 Å². The Bertz CT molecular complexity index is 572. The predicted molar refractivity (Wildman–Crippen MR) is 94.8 cm³/mol. The number of aromatic nitrogens is 2. The fourth-order valence-electron chi connectivity index (χ4n) is 4.43. The molecule has 4 atom stereocenters. The van der Waals surface area contributed by atoms with Gasteiger partial charge in [0.05, 0.1) is 12.1 Å². The van der Waals surface area contributed by atoms with E-state index in [9.17, 15) is 4.79 Å². The van der Waals surface area contributed by atoms with Crippen molar-refractivity contribution < 1.29 is 4.79 Å². The number of aryl methyl sites for hydroxylation is 1. The lowest BCUT2D eigenvalue weighted by Crippen LogP contribution is -2.52. The molecule has 1 N–H and O–H groups in total. The Morgan fingerprint density at radius 3 is 2.88 bits per heavy atom. The van der Waals surface area contributed by atoms with E-state index >= 15 is 0 Å². The maximum Gasteiger partial charge on any atom is 0.227 e. The maximum atomic E-state index is 13.2. The van der Waals surface area contributed by atoms with E-state index in [1.165, 1.54) is 5.56 Å². The molecule has 1 aromatic heterocycles. The van der Waals surface area contributed by atoms with Crippen LogP contribution in [0.25, 0.3) is 0 Å². The molecule has 2 aliphatic rings. The molecular weight excluding hydrogens is 302 g/mol. The van der Waals surface area contributed by atoms with E-state index in [1.807, 2.05) is 36.1 Å². The van der Waals surface area contributed by atoms with E-state index < -0.39 is 0 Å². The molecule has 0 bridgehead atoms. The van der Waals surface area contributed by atoms with Crippen molar-refractivity contribution >= 4 is 5.91 Å². The summed E-state index contributed by atoms with van der Waals surface area (Å²) in [6.07, 6.45) is 5.02. The van der Waals surface area contributed by atoms with Crippen LogP contribution in [0.1, 0.15) is 31.7 Å². The van der Waals surface area contributed by atoms with Crippen LogP contribution in [0.3, 0.4) is 0 Å². The summed E-state index contributed by atoms with van der Waals surface area (Å²) in [6, 6.07) is 0.357. The highest BCUT2D eigenvalue weighted by atomic mass is 16.2. The molecule has 1 aromatic rings. The third-order valence-corrected chi connectivity index (χ3v) is 5.92. The molecule has 3 heterocycles. The van der Waals surface area contributed by atoms with Gasteiger partial charge in [0.15, 0.2) is 0 Å². The van der Waals surface area contributed by atoms with Crippen molar-refractivity contribution in [3.63, 3.8) is 0 Å². The minimum Gasteiger partial charge on any atom is -0.342 e. The van der Waals surface area contributed by atoms with E-state index in [-0.39, 0.29) is 17.7 Å². The van der Waals surface area contributed by atoms with Gasteiger partial charge in [0.25, 0.3) is 0 Å². The third kappa shape index (κ3) is 3.35. The number of rotatable bonds is 4. The summed E-state index contributed by atoms with van der Waals surface area (Å²) < 4.78 is 1.82. The molecule has 3 rings (SSSR count). The lowest BCUT2D eigenvalue weighted by molar-refractivity contribution is -0.138. The molecule has 2 fully saturated rings. The number of piperidine rings is 1. The molecular formula is C18H31N5O. The zero-order valence-electron chi connectivity index (χ0n) is 15.4. The number of amides is 1. The van der Waals surface area contributed by atoms with Gasteiger partial charge in [0.2, 0.25) is 5.91 Å². The fraction of sp³-hybridized carbons (Fsp3) is 0.778. The summed E-state index contributed by atoms with van der Waals surface area (Å²) in [5, 5.41) is 7.68. The number of likely N-dealkylation sites (tertiary alicyclic amines) is 1. The average molecular weight is 333 g/mol. The quantitative estimate of drug-likeness (QED) is 0.890. The molecule has 2 unspecified atom stereocenters. The molecule has 0 spiro atoms. The molecule has 134 valence electrons. The van der Waals surface area contributed by atoms with Crippen LogP contribution in [0.15, 0.2) is 12.4 Å². The summed E-state index contributed by atoms with van der Waals surface area (Å²) >= 11 is 0. The Kier molecular flexibility index (Phi) is 5.25. The van der Waals surface area contributed by atoms with Gasteiger partial charge in [-0.25, -0.2) is 0 Å². The summed E-state index contributed by atoms with van der Waals surface area (Å²) in [6.45, 7) is 9.41. The smallest absolute Gasteiger partial charge is 0.227 e.